The maximum absolute atomic E-state index is 13.8. The summed E-state index contributed by atoms with van der Waals surface area (Å²) in [6.07, 6.45) is 1.78. The molecule has 4 nitrogen and oxygen atoms in total. The van der Waals surface area contributed by atoms with Crippen molar-refractivity contribution >= 4 is 10.0 Å². The van der Waals surface area contributed by atoms with Crippen LogP contribution in [0.15, 0.2) is 17.0 Å². The Morgan fingerprint density at radius 1 is 1.33 bits per heavy atom. The van der Waals surface area contributed by atoms with Crippen LogP contribution in [0, 0.1) is 24.6 Å². The Hall–Kier alpha value is -0.980. The fourth-order valence-corrected chi connectivity index (χ4v) is 4.54. The maximum atomic E-state index is 13.8. The first-order valence-corrected chi connectivity index (χ1v) is 8.66. The summed E-state index contributed by atoms with van der Waals surface area (Å²) in [4.78, 5) is -0.0849. The number of rotatable bonds is 4. The molecule has 1 aliphatic carbocycles. The van der Waals surface area contributed by atoms with Gasteiger partial charge in [-0.3, -0.25) is 0 Å². The van der Waals surface area contributed by atoms with Gasteiger partial charge in [0.05, 0.1) is 11.5 Å². The molecule has 0 aliphatic heterocycles. The number of sulfonamides is 1. The van der Waals surface area contributed by atoms with Crippen LogP contribution < -0.4 is 4.72 Å². The van der Waals surface area contributed by atoms with E-state index in [1.807, 2.05) is 6.92 Å². The van der Waals surface area contributed by atoms with Gasteiger partial charge in [0.1, 0.15) is 5.82 Å². The first kappa shape index (κ1) is 16.4. The van der Waals surface area contributed by atoms with E-state index in [4.69, 9.17) is 5.11 Å². The Morgan fingerprint density at radius 3 is 2.52 bits per heavy atom. The Balaban J connectivity index is 2.34. The normalized spacial score (nSPS) is 26.2. The second-order valence-electron chi connectivity index (χ2n) is 6.00. The van der Waals surface area contributed by atoms with Crippen molar-refractivity contribution in [3.63, 3.8) is 0 Å². The third-order valence-electron chi connectivity index (χ3n) is 4.60. The van der Waals surface area contributed by atoms with E-state index in [1.165, 1.54) is 13.0 Å². The third-order valence-corrected chi connectivity index (χ3v) is 6.22. The fraction of sp³-hybridized carbons (Fsp3) is 0.600. The largest absolute Gasteiger partial charge is 0.392 e. The van der Waals surface area contributed by atoms with Gasteiger partial charge in [0, 0.05) is 11.6 Å². The summed E-state index contributed by atoms with van der Waals surface area (Å²) in [5, 5.41) is 9.12. The standard InChI is InChI=1S/C15H22FNO3S/c1-9-4-5-14(10(9)2)17-21(19,20)15-7-12(8-18)6-13(16)11(15)3/h6-7,9-10,14,17-18H,4-5,8H2,1-3H3. The van der Waals surface area contributed by atoms with Crippen molar-refractivity contribution < 1.29 is 17.9 Å². The van der Waals surface area contributed by atoms with Gasteiger partial charge in [0.25, 0.3) is 0 Å². The quantitative estimate of drug-likeness (QED) is 0.896. The van der Waals surface area contributed by atoms with Crippen molar-refractivity contribution in [3.05, 3.63) is 29.1 Å². The Kier molecular flexibility index (Phi) is 4.70. The van der Waals surface area contributed by atoms with E-state index in [0.29, 0.717) is 5.92 Å². The molecule has 1 aromatic rings. The monoisotopic (exact) mass is 315 g/mol. The lowest BCUT2D eigenvalue weighted by Crippen LogP contribution is -2.37. The van der Waals surface area contributed by atoms with Crippen LogP contribution in [0.3, 0.4) is 0 Å². The Morgan fingerprint density at radius 2 is 2.00 bits per heavy atom. The number of hydrogen-bond acceptors (Lipinski definition) is 3. The molecule has 3 atom stereocenters. The zero-order chi connectivity index (χ0) is 15.8. The van der Waals surface area contributed by atoms with Crippen LogP contribution >= 0.6 is 0 Å². The number of aliphatic hydroxyl groups is 1. The summed E-state index contributed by atoms with van der Waals surface area (Å²) < 4.78 is 41.5. The molecule has 0 saturated heterocycles. The Bertz CT molecular complexity index is 630. The molecule has 3 unspecified atom stereocenters. The molecular formula is C15H22FNO3S. The highest BCUT2D eigenvalue weighted by molar-refractivity contribution is 7.89. The second kappa shape index (κ2) is 6.02. The van der Waals surface area contributed by atoms with E-state index in [1.54, 1.807) is 0 Å². The summed E-state index contributed by atoms with van der Waals surface area (Å²) >= 11 is 0. The summed E-state index contributed by atoms with van der Waals surface area (Å²) in [5.41, 5.74) is 0.338. The van der Waals surface area contributed by atoms with Gasteiger partial charge in [0.2, 0.25) is 10.0 Å². The molecule has 2 rings (SSSR count). The predicted octanol–water partition coefficient (Wildman–Crippen LogP) is 2.34. The van der Waals surface area contributed by atoms with Gasteiger partial charge in [-0.1, -0.05) is 13.8 Å². The number of nitrogens with one attached hydrogen (secondary N) is 1. The molecule has 0 heterocycles. The molecule has 1 fully saturated rings. The smallest absolute Gasteiger partial charge is 0.241 e. The minimum Gasteiger partial charge on any atom is -0.392 e. The van der Waals surface area contributed by atoms with Gasteiger partial charge >= 0.3 is 0 Å². The van der Waals surface area contributed by atoms with Crippen molar-refractivity contribution in [2.75, 3.05) is 0 Å². The van der Waals surface area contributed by atoms with Crippen LogP contribution in [-0.4, -0.2) is 19.6 Å². The first-order chi connectivity index (χ1) is 9.76. The number of benzene rings is 1. The highest BCUT2D eigenvalue weighted by Gasteiger charge is 2.33. The highest BCUT2D eigenvalue weighted by atomic mass is 32.2. The minimum atomic E-state index is -3.79. The van der Waals surface area contributed by atoms with Crippen LogP contribution in [0.2, 0.25) is 0 Å². The zero-order valence-corrected chi connectivity index (χ0v) is 13.4. The van der Waals surface area contributed by atoms with Crippen molar-refractivity contribution in [1.82, 2.24) is 4.72 Å². The highest BCUT2D eigenvalue weighted by Crippen LogP contribution is 2.32. The molecule has 0 amide bonds. The maximum Gasteiger partial charge on any atom is 0.241 e. The van der Waals surface area contributed by atoms with Gasteiger partial charge in [-0.15, -0.1) is 0 Å². The fourth-order valence-electron chi connectivity index (χ4n) is 2.87. The minimum absolute atomic E-state index is 0.0819. The topological polar surface area (TPSA) is 66.4 Å². The van der Waals surface area contributed by atoms with E-state index in [0.717, 1.165) is 18.9 Å². The van der Waals surface area contributed by atoms with Crippen molar-refractivity contribution in [2.24, 2.45) is 11.8 Å². The Labute approximate surface area is 125 Å². The molecule has 0 spiro atoms. The van der Waals surface area contributed by atoms with Crippen molar-refractivity contribution in [1.29, 1.82) is 0 Å². The van der Waals surface area contributed by atoms with Crippen LogP contribution in [0.5, 0.6) is 0 Å². The molecule has 0 radical (unpaired) electrons. The molecule has 1 aromatic carbocycles. The summed E-state index contributed by atoms with van der Waals surface area (Å²) in [6.45, 7) is 5.18. The lowest BCUT2D eigenvalue weighted by atomic mass is 9.98. The second-order valence-corrected chi connectivity index (χ2v) is 7.68. The lowest BCUT2D eigenvalue weighted by Gasteiger charge is -2.20. The van der Waals surface area contributed by atoms with Crippen LogP contribution in [0.25, 0.3) is 0 Å². The molecule has 1 aliphatic rings. The number of hydrogen-bond donors (Lipinski definition) is 2. The molecule has 0 bridgehead atoms. The summed E-state index contributed by atoms with van der Waals surface area (Å²) in [5.74, 6) is 0.111. The summed E-state index contributed by atoms with van der Waals surface area (Å²) in [7, 11) is -3.79. The van der Waals surface area contributed by atoms with Gasteiger partial charge in [-0.2, -0.15) is 0 Å². The van der Waals surface area contributed by atoms with E-state index in [-0.39, 0.29) is 28.0 Å². The van der Waals surface area contributed by atoms with Gasteiger partial charge in [-0.25, -0.2) is 17.5 Å². The van der Waals surface area contributed by atoms with Crippen LogP contribution in [-0.2, 0) is 16.6 Å². The van der Waals surface area contributed by atoms with E-state index >= 15 is 0 Å². The van der Waals surface area contributed by atoms with E-state index < -0.39 is 22.4 Å². The van der Waals surface area contributed by atoms with E-state index in [2.05, 4.69) is 11.6 Å². The van der Waals surface area contributed by atoms with Gasteiger partial charge in [-0.05, 0) is 49.3 Å². The van der Waals surface area contributed by atoms with Gasteiger partial charge < -0.3 is 5.11 Å². The molecule has 2 N–H and O–H groups in total. The van der Waals surface area contributed by atoms with Crippen molar-refractivity contribution in [2.45, 2.75) is 51.2 Å². The molecule has 118 valence electrons. The van der Waals surface area contributed by atoms with Crippen molar-refractivity contribution in [3.8, 4) is 0 Å². The van der Waals surface area contributed by atoms with E-state index in [9.17, 15) is 12.8 Å². The molecule has 0 aromatic heterocycles. The van der Waals surface area contributed by atoms with Crippen LogP contribution in [0.4, 0.5) is 4.39 Å². The zero-order valence-electron chi connectivity index (χ0n) is 12.6. The lowest BCUT2D eigenvalue weighted by molar-refractivity contribution is 0.281. The predicted molar refractivity (Wildman–Crippen MR) is 78.7 cm³/mol. The van der Waals surface area contributed by atoms with Gasteiger partial charge in [0.15, 0.2) is 0 Å². The SMILES string of the molecule is Cc1c(F)cc(CO)cc1S(=O)(=O)NC1CCC(C)C1C. The molecular weight excluding hydrogens is 293 g/mol. The average molecular weight is 315 g/mol. The average Bonchev–Trinajstić information content (AvgIpc) is 2.73. The summed E-state index contributed by atoms with van der Waals surface area (Å²) in [6, 6.07) is 2.38. The van der Waals surface area contributed by atoms with Crippen LogP contribution in [0.1, 0.15) is 37.8 Å². The molecule has 1 saturated carbocycles. The molecule has 21 heavy (non-hydrogen) atoms. The first-order valence-electron chi connectivity index (χ1n) is 7.18. The number of aliphatic hydroxyl groups excluding tert-OH is 1. The third kappa shape index (κ3) is 3.27. The molecule has 6 heteroatoms. The number of halogens is 1.